The maximum Gasteiger partial charge on any atom is 0.340 e. The van der Waals surface area contributed by atoms with Gasteiger partial charge in [0.2, 0.25) is 0 Å². The monoisotopic (exact) mass is 1090 g/mol. The van der Waals surface area contributed by atoms with E-state index in [4.69, 9.17) is 9.47 Å². The van der Waals surface area contributed by atoms with E-state index in [9.17, 15) is 9.59 Å². The van der Waals surface area contributed by atoms with Gasteiger partial charge in [0.25, 0.3) is 0 Å². The van der Waals surface area contributed by atoms with Crippen molar-refractivity contribution in [1.82, 2.24) is 54.7 Å². The summed E-state index contributed by atoms with van der Waals surface area (Å²) >= 11 is 0. The van der Waals surface area contributed by atoms with E-state index in [-0.39, 0.29) is 44.4 Å². The molecule has 0 bridgehead atoms. The molecule has 424 valence electrons. The number of fused-ring (bicyclic) bond motifs is 6. The molecule has 0 atom stereocenters. The maximum absolute atomic E-state index is 11.3. The Morgan fingerprint density at radius 2 is 1.02 bits per heavy atom. The highest BCUT2D eigenvalue weighted by Gasteiger charge is 2.27. The third kappa shape index (κ3) is 15.2. The summed E-state index contributed by atoms with van der Waals surface area (Å²) in [6.07, 6.45) is 18.4. The highest BCUT2D eigenvalue weighted by Crippen LogP contribution is 2.31. The lowest BCUT2D eigenvalue weighted by Gasteiger charge is -2.19. The van der Waals surface area contributed by atoms with Crippen LogP contribution in [0.25, 0.3) is 38.4 Å². The predicted octanol–water partition coefficient (Wildman–Crippen LogP) is 14.8. The number of ether oxygens (including phenoxy) is 2. The number of aromatic amines is 2. The number of carbonyl (C=O) groups excluding carboxylic acids is 2. The van der Waals surface area contributed by atoms with Gasteiger partial charge in [-0.25, -0.2) is 14.6 Å². The number of carbonyl (C=O) groups is 2. The molecule has 15 nitrogen and oxygen atoms in total. The van der Waals surface area contributed by atoms with Gasteiger partial charge in [0.05, 0.1) is 40.2 Å². The molecule has 0 saturated heterocycles. The number of hydrogen-bond donors (Lipinski definition) is 2. The molecular formula is C66H81N11O4. The summed E-state index contributed by atoms with van der Waals surface area (Å²) in [5.74, 6) is -0.440. The number of hydrogen-bond acceptors (Lipinski definition) is 12. The summed E-state index contributed by atoms with van der Waals surface area (Å²) in [7, 11) is 0. The Hall–Kier alpha value is -8.20. The largest absolute Gasteiger partial charge is 0.457 e. The second-order valence-corrected chi connectivity index (χ2v) is 26.6. The number of aromatic nitrogens is 11. The van der Waals surface area contributed by atoms with Gasteiger partial charge in [0, 0.05) is 105 Å². The quantitative estimate of drug-likeness (QED) is 0.137. The Kier molecular flexibility index (Phi) is 17.8. The Morgan fingerprint density at radius 3 is 1.69 bits per heavy atom. The van der Waals surface area contributed by atoms with E-state index in [2.05, 4.69) is 204 Å². The molecule has 12 rings (SSSR count). The van der Waals surface area contributed by atoms with E-state index >= 15 is 0 Å². The lowest BCUT2D eigenvalue weighted by Crippen LogP contribution is -2.13. The molecule has 0 aliphatic carbocycles. The van der Waals surface area contributed by atoms with Gasteiger partial charge in [-0.1, -0.05) is 155 Å². The lowest BCUT2D eigenvalue weighted by molar-refractivity contribution is 0.0525. The van der Waals surface area contributed by atoms with Crippen molar-refractivity contribution in [3.63, 3.8) is 0 Å². The number of esters is 2. The fourth-order valence-corrected chi connectivity index (χ4v) is 8.72. The summed E-state index contributed by atoms with van der Waals surface area (Å²) in [5, 5.41) is 18.1. The summed E-state index contributed by atoms with van der Waals surface area (Å²) in [4.78, 5) is 47.7. The van der Waals surface area contributed by atoms with Crippen molar-refractivity contribution in [2.45, 2.75) is 170 Å². The molecule has 0 saturated carbocycles. The van der Waals surface area contributed by atoms with Gasteiger partial charge in [-0.15, -0.1) is 0 Å². The summed E-state index contributed by atoms with van der Waals surface area (Å²) in [6, 6.07) is 22.3. The lowest BCUT2D eigenvalue weighted by atomic mass is 9.85. The van der Waals surface area contributed by atoms with Crippen molar-refractivity contribution < 1.29 is 19.1 Å². The molecule has 0 amide bonds. The molecule has 2 aliphatic rings. The molecule has 15 heteroatoms. The normalized spacial score (nSPS) is 13.2. The van der Waals surface area contributed by atoms with Crippen LogP contribution in [0.2, 0.25) is 0 Å². The topological polar surface area (TPSA) is 192 Å². The average molecular weight is 1090 g/mol. The molecule has 0 unspecified atom stereocenters. The fraction of sp³-hybridized carbons (Fsp3) is 0.394. The molecule has 2 aliphatic heterocycles. The van der Waals surface area contributed by atoms with Crippen molar-refractivity contribution in [1.29, 1.82) is 0 Å². The van der Waals surface area contributed by atoms with E-state index in [1.807, 2.05) is 73.4 Å². The van der Waals surface area contributed by atoms with Crippen LogP contribution in [0.5, 0.6) is 0 Å². The van der Waals surface area contributed by atoms with E-state index in [0.29, 0.717) is 18.8 Å². The minimum Gasteiger partial charge on any atom is -0.457 e. The van der Waals surface area contributed by atoms with Crippen LogP contribution in [-0.2, 0) is 55.2 Å². The van der Waals surface area contributed by atoms with Gasteiger partial charge in [-0.05, 0) is 69.3 Å². The van der Waals surface area contributed by atoms with E-state index in [0.717, 1.165) is 55.7 Å². The molecule has 0 fully saturated rings. The number of benzene rings is 2. The second-order valence-electron chi connectivity index (χ2n) is 26.6. The molecule has 81 heavy (non-hydrogen) atoms. The van der Waals surface area contributed by atoms with Crippen molar-refractivity contribution in [2.75, 3.05) is 0 Å². The molecule has 2 N–H and O–H groups in total. The molecule has 0 radical (unpaired) electrons. The zero-order chi connectivity index (χ0) is 59.3. The minimum absolute atomic E-state index is 0.0188. The molecule has 8 aromatic heterocycles. The first-order valence-corrected chi connectivity index (χ1v) is 27.5. The van der Waals surface area contributed by atoms with E-state index < -0.39 is 0 Å². The SMILES string of the molecule is CC(C)(C)c1[nH]nc2ccncc12.CC(C)(C)c1[nH]nc2cnccc12.CC(C)(C)c1ccc2c(c1)C(=O)OC2.CC(C)(C)c1cnc2c(c1)C(=O)OC2.CC(C)(C)c1cnc2ccccc2c1.CC(C)(C)c1cnc2cnccn12. The number of para-hydroxylation sites is 1. The van der Waals surface area contributed by atoms with Crippen LogP contribution in [0.4, 0.5) is 0 Å². The number of imidazole rings is 1. The number of H-pyrrole nitrogens is 2. The first-order valence-electron chi connectivity index (χ1n) is 27.5. The van der Waals surface area contributed by atoms with Gasteiger partial charge in [-0.3, -0.25) is 35.1 Å². The zero-order valence-electron chi connectivity index (χ0n) is 50.7. The Balaban J connectivity index is 0.000000140. The van der Waals surface area contributed by atoms with Crippen molar-refractivity contribution in [3.05, 3.63) is 185 Å². The Labute approximate surface area is 477 Å². The van der Waals surface area contributed by atoms with Gasteiger partial charge < -0.3 is 13.9 Å². The fourth-order valence-electron chi connectivity index (χ4n) is 8.72. The van der Waals surface area contributed by atoms with Gasteiger partial charge >= 0.3 is 11.9 Å². The third-order valence-electron chi connectivity index (χ3n) is 13.7. The standard InChI is InChI=1S/C13H15N.C12H14O2.C11H13NO2.3C10H13N3/c1-13(2,3)11-8-10-6-4-5-7-12(10)14-9-11;1-12(2,3)9-5-4-8-7-14-11(13)10(8)6-9;1-11(2,3)7-4-8-9(12-5-7)6-14-10(8)13;1-10(2,3)8-6-12-9-7-11-4-5-13(8)9;1-10(2,3)9-7-6-11-5-4-8(7)12-13-9;1-10(2,3)9-7-4-5-11-6-8(7)12-13-9/h4-9H,1-3H3;4-6H,7H2,1-3H3;4-5H,6H2,1-3H3;4-7H,1-3H3;2*4-6H,1-3H3,(H,12,13). The third-order valence-corrected chi connectivity index (χ3v) is 13.7. The van der Waals surface area contributed by atoms with Crippen LogP contribution in [0, 0.1) is 0 Å². The predicted molar refractivity (Wildman–Crippen MR) is 324 cm³/mol. The molecule has 10 aromatic rings. The smallest absolute Gasteiger partial charge is 0.340 e. The first-order chi connectivity index (χ1) is 37.8. The summed E-state index contributed by atoms with van der Waals surface area (Å²) < 4.78 is 11.9. The number of pyridine rings is 4. The molecule has 0 spiro atoms. The molecule has 2 aromatic carbocycles. The first kappa shape index (κ1) is 60.4. The van der Waals surface area contributed by atoms with Crippen LogP contribution >= 0.6 is 0 Å². The number of nitrogens with one attached hydrogen (secondary N) is 2. The Bertz CT molecular complexity index is 3510. The van der Waals surface area contributed by atoms with Crippen LogP contribution in [-0.4, -0.2) is 66.6 Å². The van der Waals surface area contributed by atoms with Gasteiger partial charge in [-0.2, -0.15) is 10.2 Å². The van der Waals surface area contributed by atoms with Crippen LogP contribution in [0.15, 0.2) is 129 Å². The van der Waals surface area contributed by atoms with Crippen LogP contribution in [0.1, 0.15) is 190 Å². The number of nitrogens with zero attached hydrogens (tertiary/aromatic N) is 9. The van der Waals surface area contributed by atoms with E-state index in [1.165, 1.54) is 33.3 Å². The highest BCUT2D eigenvalue weighted by atomic mass is 16.5. The van der Waals surface area contributed by atoms with E-state index in [1.54, 1.807) is 31.0 Å². The highest BCUT2D eigenvalue weighted by molar-refractivity contribution is 5.94. The molecular weight excluding hydrogens is 1010 g/mol. The van der Waals surface area contributed by atoms with Gasteiger partial charge in [0.1, 0.15) is 18.7 Å². The number of cyclic esters (lactones) is 2. The summed E-state index contributed by atoms with van der Waals surface area (Å²) in [6.45, 7) is 39.6. The van der Waals surface area contributed by atoms with Crippen LogP contribution in [0.3, 0.4) is 0 Å². The zero-order valence-corrected chi connectivity index (χ0v) is 50.7. The van der Waals surface area contributed by atoms with Crippen LogP contribution < -0.4 is 0 Å². The number of rotatable bonds is 0. The maximum atomic E-state index is 11.3. The average Bonchev–Trinajstić information content (AvgIpc) is 4.36. The molecule has 10 heterocycles. The van der Waals surface area contributed by atoms with Crippen molar-refractivity contribution >= 4 is 50.3 Å². The van der Waals surface area contributed by atoms with Crippen molar-refractivity contribution in [2.24, 2.45) is 0 Å². The summed E-state index contributed by atoms with van der Waals surface area (Å²) in [5.41, 5.74) is 14.7. The van der Waals surface area contributed by atoms with Gasteiger partial charge in [0.15, 0.2) is 5.65 Å². The Morgan fingerprint density at radius 1 is 0.457 bits per heavy atom. The second kappa shape index (κ2) is 23.9. The minimum atomic E-state index is -0.251. The van der Waals surface area contributed by atoms with Crippen molar-refractivity contribution in [3.8, 4) is 0 Å².